The number of carboxylic acid groups (broad SMARTS) is 1. The molecule has 5 heteroatoms. The van der Waals surface area contributed by atoms with E-state index in [4.69, 9.17) is 9.84 Å². The summed E-state index contributed by atoms with van der Waals surface area (Å²) < 4.78 is 5.78. The minimum absolute atomic E-state index is 0.0561. The fourth-order valence-electron chi connectivity index (χ4n) is 2.59. The average molecular weight is 355 g/mol. The van der Waals surface area contributed by atoms with E-state index in [9.17, 15) is 9.59 Å². The summed E-state index contributed by atoms with van der Waals surface area (Å²) in [5.41, 5.74) is 3.56. The van der Waals surface area contributed by atoms with Crippen LogP contribution in [0, 0.1) is 13.8 Å². The number of carbonyl (C=O) groups is 2. The van der Waals surface area contributed by atoms with Gasteiger partial charge in [0.1, 0.15) is 5.75 Å². The number of rotatable bonds is 9. The van der Waals surface area contributed by atoms with Gasteiger partial charge in [-0.3, -0.25) is 9.59 Å². The SMILES string of the molecule is Cc1ccc(C)c(OCCCCC(=O)Nc2cccc(CC(=O)O)c2)c1. The molecule has 0 saturated carbocycles. The number of ether oxygens (including phenoxy) is 1. The predicted octanol–water partition coefficient (Wildman–Crippen LogP) is 4.12. The van der Waals surface area contributed by atoms with Crippen LogP contribution in [0.25, 0.3) is 0 Å². The number of unbranched alkanes of at least 4 members (excludes halogenated alkanes) is 1. The Balaban J connectivity index is 1.70. The van der Waals surface area contributed by atoms with Gasteiger partial charge in [-0.05, 0) is 61.6 Å². The maximum Gasteiger partial charge on any atom is 0.307 e. The van der Waals surface area contributed by atoms with Crippen LogP contribution in [0.4, 0.5) is 5.69 Å². The van der Waals surface area contributed by atoms with Gasteiger partial charge in [0.15, 0.2) is 0 Å². The zero-order valence-corrected chi connectivity index (χ0v) is 15.2. The van der Waals surface area contributed by atoms with E-state index in [1.165, 1.54) is 0 Å². The zero-order valence-electron chi connectivity index (χ0n) is 15.2. The first-order chi connectivity index (χ1) is 12.4. The first kappa shape index (κ1) is 19.5. The van der Waals surface area contributed by atoms with Crippen LogP contribution >= 0.6 is 0 Å². The van der Waals surface area contributed by atoms with Crippen molar-refractivity contribution in [2.24, 2.45) is 0 Å². The van der Waals surface area contributed by atoms with E-state index in [1.807, 2.05) is 26.0 Å². The number of hydrogen-bond donors (Lipinski definition) is 2. The lowest BCUT2D eigenvalue weighted by Gasteiger charge is -2.10. The standard InChI is InChI=1S/C21H25NO4/c1-15-9-10-16(2)19(12-15)26-11-4-3-8-20(23)22-18-7-5-6-17(13-18)14-21(24)25/h5-7,9-10,12-13H,3-4,8,11,14H2,1-2H3,(H,22,23)(H,24,25). The summed E-state index contributed by atoms with van der Waals surface area (Å²) in [6.07, 6.45) is 1.87. The van der Waals surface area contributed by atoms with Gasteiger partial charge < -0.3 is 15.2 Å². The molecule has 0 aliphatic heterocycles. The molecular formula is C21H25NO4. The summed E-state index contributed by atoms with van der Waals surface area (Å²) in [7, 11) is 0. The smallest absolute Gasteiger partial charge is 0.307 e. The molecule has 2 N–H and O–H groups in total. The van der Waals surface area contributed by atoms with Crippen molar-refractivity contribution in [3.8, 4) is 5.75 Å². The molecule has 26 heavy (non-hydrogen) atoms. The molecule has 0 heterocycles. The second kappa shape index (κ2) is 9.61. The van der Waals surface area contributed by atoms with Crippen LogP contribution in [0.15, 0.2) is 42.5 Å². The summed E-state index contributed by atoms with van der Waals surface area (Å²) in [5.74, 6) is -0.0776. The van der Waals surface area contributed by atoms with Crippen LogP contribution < -0.4 is 10.1 Å². The summed E-state index contributed by atoms with van der Waals surface area (Å²) in [4.78, 5) is 22.8. The van der Waals surface area contributed by atoms with Crippen LogP contribution in [0.5, 0.6) is 5.75 Å². The van der Waals surface area contributed by atoms with Gasteiger partial charge in [0, 0.05) is 12.1 Å². The maximum atomic E-state index is 12.0. The molecule has 5 nitrogen and oxygen atoms in total. The highest BCUT2D eigenvalue weighted by atomic mass is 16.5. The lowest BCUT2D eigenvalue weighted by atomic mass is 10.1. The molecule has 0 aliphatic carbocycles. The van der Waals surface area contributed by atoms with Crippen molar-refractivity contribution in [3.63, 3.8) is 0 Å². The number of benzene rings is 2. The number of aryl methyl sites for hydroxylation is 2. The highest BCUT2D eigenvalue weighted by Gasteiger charge is 2.06. The third-order valence-electron chi connectivity index (χ3n) is 3.97. The van der Waals surface area contributed by atoms with Crippen molar-refractivity contribution in [2.75, 3.05) is 11.9 Å². The van der Waals surface area contributed by atoms with E-state index in [0.717, 1.165) is 29.7 Å². The lowest BCUT2D eigenvalue weighted by molar-refractivity contribution is -0.136. The van der Waals surface area contributed by atoms with E-state index in [0.29, 0.717) is 24.3 Å². The van der Waals surface area contributed by atoms with Crippen LogP contribution in [0.1, 0.15) is 36.0 Å². The third kappa shape index (κ3) is 6.59. The molecule has 0 radical (unpaired) electrons. The van der Waals surface area contributed by atoms with E-state index in [2.05, 4.69) is 11.4 Å². The van der Waals surface area contributed by atoms with Crippen LogP contribution in [-0.2, 0) is 16.0 Å². The Labute approximate surface area is 154 Å². The monoisotopic (exact) mass is 355 g/mol. The normalized spacial score (nSPS) is 10.4. The first-order valence-corrected chi connectivity index (χ1v) is 8.74. The molecule has 1 amide bonds. The predicted molar refractivity (Wildman–Crippen MR) is 102 cm³/mol. The van der Waals surface area contributed by atoms with E-state index in [-0.39, 0.29) is 12.3 Å². The number of aliphatic carboxylic acids is 1. The largest absolute Gasteiger partial charge is 0.493 e. The Morgan fingerprint density at radius 1 is 1.08 bits per heavy atom. The number of carboxylic acids is 1. The Kier molecular flexibility index (Phi) is 7.21. The first-order valence-electron chi connectivity index (χ1n) is 8.74. The van der Waals surface area contributed by atoms with Crippen molar-refractivity contribution in [1.29, 1.82) is 0 Å². The van der Waals surface area contributed by atoms with Gasteiger partial charge >= 0.3 is 5.97 Å². The van der Waals surface area contributed by atoms with Crippen LogP contribution in [-0.4, -0.2) is 23.6 Å². The number of carbonyl (C=O) groups excluding carboxylic acids is 1. The van der Waals surface area contributed by atoms with Gasteiger partial charge in [-0.15, -0.1) is 0 Å². The highest BCUT2D eigenvalue weighted by molar-refractivity contribution is 5.90. The number of anilines is 1. The number of hydrogen-bond acceptors (Lipinski definition) is 3. The number of nitrogens with one attached hydrogen (secondary N) is 1. The van der Waals surface area contributed by atoms with E-state index < -0.39 is 5.97 Å². The molecule has 0 spiro atoms. The molecule has 0 unspecified atom stereocenters. The Morgan fingerprint density at radius 3 is 2.65 bits per heavy atom. The van der Waals surface area contributed by atoms with Gasteiger partial charge in [0.25, 0.3) is 0 Å². The summed E-state index contributed by atoms with van der Waals surface area (Å²) >= 11 is 0. The van der Waals surface area contributed by atoms with Gasteiger partial charge in [0.2, 0.25) is 5.91 Å². The molecule has 0 fully saturated rings. The molecule has 2 aromatic rings. The Hall–Kier alpha value is -2.82. The topological polar surface area (TPSA) is 75.6 Å². The second-order valence-corrected chi connectivity index (χ2v) is 6.39. The molecule has 0 saturated heterocycles. The molecule has 0 aromatic heterocycles. The Bertz CT molecular complexity index is 770. The molecule has 0 atom stereocenters. The molecule has 0 aliphatic rings. The van der Waals surface area contributed by atoms with Crippen molar-refractivity contribution < 1.29 is 19.4 Å². The van der Waals surface area contributed by atoms with Crippen LogP contribution in [0.2, 0.25) is 0 Å². The van der Waals surface area contributed by atoms with Gasteiger partial charge in [0.05, 0.1) is 13.0 Å². The van der Waals surface area contributed by atoms with E-state index >= 15 is 0 Å². The molecule has 2 aromatic carbocycles. The number of amides is 1. The average Bonchev–Trinajstić information content (AvgIpc) is 2.57. The lowest BCUT2D eigenvalue weighted by Crippen LogP contribution is -2.12. The Morgan fingerprint density at radius 2 is 1.88 bits per heavy atom. The highest BCUT2D eigenvalue weighted by Crippen LogP contribution is 2.19. The fourth-order valence-corrected chi connectivity index (χ4v) is 2.59. The molecule has 2 rings (SSSR count). The summed E-state index contributed by atoms with van der Waals surface area (Å²) in [6.45, 7) is 4.62. The van der Waals surface area contributed by atoms with Gasteiger partial charge in [-0.2, -0.15) is 0 Å². The third-order valence-corrected chi connectivity index (χ3v) is 3.97. The minimum atomic E-state index is -0.891. The fraction of sp³-hybridized carbons (Fsp3) is 0.333. The maximum absolute atomic E-state index is 12.0. The van der Waals surface area contributed by atoms with Crippen molar-refractivity contribution in [2.45, 2.75) is 39.5 Å². The molecule has 0 bridgehead atoms. The van der Waals surface area contributed by atoms with Gasteiger partial charge in [-0.1, -0.05) is 24.3 Å². The molecule has 138 valence electrons. The molecular weight excluding hydrogens is 330 g/mol. The zero-order chi connectivity index (χ0) is 18.9. The summed E-state index contributed by atoms with van der Waals surface area (Å²) in [6, 6.07) is 13.0. The summed E-state index contributed by atoms with van der Waals surface area (Å²) in [5, 5.41) is 11.6. The van der Waals surface area contributed by atoms with Crippen molar-refractivity contribution in [1.82, 2.24) is 0 Å². The van der Waals surface area contributed by atoms with Crippen molar-refractivity contribution in [3.05, 3.63) is 59.2 Å². The minimum Gasteiger partial charge on any atom is -0.493 e. The van der Waals surface area contributed by atoms with Crippen LogP contribution in [0.3, 0.4) is 0 Å². The quantitative estimate of drug-likeness (QED) is 0.664. The van der Waals surface area contributed by atoms with Gasteiger partial charge in [-0.25, -0.2) is 0 Å². The second-order valence-electron chi connectivity index (χ2n) is 6.39. The van der Waals surface area contributed by atoms with E-state index in [1.54, 1.807) is 24.3 Å². The van der Waals surface area contributed by atoms with Crippen molar-refractivity contribution >= 4 is 17.6 Å².